The van der Waals surface area contributed by atoms with E-state index in [0.717, 1.165) is 5.69 Å². The second kappa shape index (κ2) is 4.09. The van der Waals surface area contributed by atoms with E-state index in [1.54, 1.807) is 0 Å². The van der Waals surface area contributed by atoms with E-state index >= 15 is 0 Å². The third-order valence-electron chi connectivity index (χ3n) is 4.13. The van der Waals surface area contributed by atoms with Gasteiger partial charge < -0.3 is 0 Å². The van der Waals surface area contributed by atoms with E-state index in [1.165, 1.54) is 11.1 Å². The molecule has 1 heterocycles. The summed E-state index contributed by atoms with van der Waals surface area (Å²) in [5, 5.41) is 0. The highest BCUT2D eigenvalue weighted by atomic mass is 14.7. The second-order valence-corrected chi connectivity index (χ2v) is 5.19. The Morgan fingerprint density at radius 3 is 2.44 bits per heavy atom. The minimum absolute atomic E-state index is 0.147. The fourth-order valence-corrected chi connectivity index (χ4v) is 2.61. The molecule has 90 valence electrons. The highest BCUT2D eigenvalue weighted by molar-refractivity contribution is 5.67. The third-order valence-corrected chi connectivity index (χ3v) is 4.13. The molecule has 0 radical (unpaired) electrons. The van der Waals surface area contributed by atoms with Crippen molar-refractivity contribution in [3.63, 3.8) is 0 Å². The first-order valence-electron chi connectivity index (χ1n) is 6.42. The van der Waals surface area contributed by atoms with Crippen molar-refractivity contribution in [1.29, 1.82) is 0 Å². The molecule has 0 fully saturated rings. The molecular weight excluding hydrogens is 218 g/mol. The minimum Gasteiger partial charge on any atom is -0.256 e. The number of pyridine rings is 1. The maximum absolute atomic E-state index is 4.48. The van der Waals surface area contributed by atoms with Gasteiger partial charge in [0.25, 0.3) is 0 Å². The quantitative estimate of drug-likeness (QED) is 0.710. The maximum Gasteiger partial charge on any atom is 0.0705 e. The summed E-state index contributed by atoms with van der Waals surface area (Å²) in [6, 6.07) is 14.7. The smallest absolute Gasteiger partial charge is 0.0705 e. The SMILES string of the molecule is CC1C=CC1(C)c1ccccc1-c1ccccn1. The molecule has 1 aliphatic rings. The molecule has 1 nitrogen and oxygen atoms in total. The Hall–Kier alpha value is -1.89. The molecule has 1 aliphatic carbocycles. The van der Waals surface area contributed by atoms with Gasteiger partial charge in [-0.3, -0.25) is 4.98 Å². The van der Waals surface area contributed by atoms with Gasteiger partial charge in [-0.1, -0.05) is 56.3 Å². The van der Waals surface area contributed by atoms with Gasteiger partial charge in [0.2, 0.25) is 0 Å². The third kappa shape index (κ3) is 1.59. The largest absolute Gasteiger partial charge is 0.256 e. The standard InChI is InChI=1S/C17H17N/c1-13-10-11-17(13,2)15-8-4-3-7-14(15)16-9-5-6-12-18-16/h3-13H,1-2H3. The summed E-state index contributed by atoms with van der Waals surface area (Å²) in [5.41, 5.74) is 3.83. The molecule has 0 saturated heterocycles. The molecule has 18 heavy (non-hydrogen) atoms. The molecule has 0 N–H and O–H groups in total. The van der Waals surface area contributed by atoms with E-state index in [1.807, 2.05) is 18.3 Å². The van der Waals surface area contributed by atoms with Gasteiger partial charge in [-0.05, 0) is 23.6 Å². The molecule has 0 amide bonds. The van der Waals surface area contributed by atoms with Crippen LogP contribution in [0.4, 0.5) is 0 Å². The number of benzene rings is 1. The van der Waals surface area contributed by atoms with Crippen LogP contribution in [-0.4, -0.2) is 4.98 Å². The number of rotatable bonds is 2. The number of allylic oxidation sites excluding steroid dienone is 2. The molecule has 2 unspecified atom stereocenters. The van der Waals surface area contributed by atoms with Crippen LogP contribution in [-0.2, 0) is 5.41 Å². The van der Waals surface area contributed by atoms with Crippen molar-refractivity contribution >= 4 is 0 Å². The molecule has 0 spiro atoms. The van der Waals surface area contributed by atoms with Crippen LogP contribution in [0.25, 0.3) is 11.3 Å². The lowest BCUT2D eigenvalue weighted by atomic mass is 9.64. The molecule has 2 atom stereocenters. The van der Waals surface area contributed by atoms with Crippen LogP contribution < -0.4 is 0 Å². The van der Waals surface area contributed by atoms with Crippen molar-refractivity contribution in [1.82, 2.24) is 4.98 Å². The Morgan fingerprint density at radius 2 is 1.83 bits per heavy atom. The van der Waals surface area contributed by atoms with Crippen molar-refractivity contribution in [3.8, 4) is 11.3 Å². The van der Waals surface area contributed by atoms with Gasteiger partial charge in [0.05, 0.1) is 5.69 Å². The van der Waals surface area contributed by atoms with Crippen LogP contribution >= 0.6 is 0 Å². The lowest BCUT2D eigenvalue weighted by Gasteiger charge is -2.40. The normalized spacial score (nSPS) is 25.8. The molecule has 2 aromatic rings. The van der Waals surface area contributed by atoms with Gasteiger partial charge >= 0.3 is 0 Å². The van der Waals surface area contributed by atoms with Gasteiger partial charge in [-0.2, -0.15) is 0 Å². The topological polar surface area (TPSA) is 12.9 Å². The second-order valence-electron chi connectivity index (χ2n) is 5.19. The van der Waals surface area contributed by atoms with Gasteiger partial charge in [-0.25, -0.2) is 0 Å². The van der Waals surface area contributed by atoms with Crippen molar-refractivity contribution < 1.29 is 0 Å². The molecule has 1 aromatic heterocycles. The van der Waals surface area contributed by atoms with Crippen LogP contribution in [0.15, 0.2) is 60.8 Å². The molecule has 3 rings (SSSR count). The predicted molar refractivity (Wildman–Crippen MR) is 75.3 cm³/mol. The summed E-state index contributed by atoms with van der Waals surface area (Å²) in [4.78, 5) is 4.48. The van der Waals surface area contributed by atoms with Crippen LogP contribution in [0.2, 0.25) is 0 Å². The van der Waals surface area contributed by atoms with Crippen molar-refractivity contribution in [2.75, 3.05) is 0 Å². The highest BCUT2D eigenvalue weighted by Gasteiger charge is 2.36. The van der Waals surface area contributed by atoms with Crippen LogP contribution in [0.1, 0.15) is 19.4 Å². The van der Waals surface area contributed by atoms with Crippen molar-refractivity contribution in [2.24, 2.45) is 5.92 Å². The number of hydrogen-bond donors (Lipinski definition) is 0. The first-order valence-corrected chi connectivity index (χ1v) is 6.42. The summed E-state index contributed by atoms with van der Waals surface area (Å²) < 4.78 is 0. The Morgan fingerprint density at radius 1 is 1.06 bits per heavy atom. The molecule has 0 aliphatic heterocycles. The van der Waals surface area contributed by atoms with E-state index in [-0.39, 0.29) is 5.41 Å². The fraction of sp³-hybridized carbons (Fsp3) is 0.235. The molecule has 1 heteroatoms. The summed E-state index contributed by atoms with van der Waals surface area (Å²) in [5.74, 6) is 0.586. The Labute approximate surface area is 108 Å². The lowest BCUT2D eigenvalue weighted by Crippen LogP contribution is -2.34. The highest BCUT2D eigenvalue weighted by Crippen LogP contribution is 2.44. The number of nitrogens with zero attached hydrogens (tertiary/aromatic N) is 1. The fourth-order valence-electron chi connectivity index (χ4n) is 2.61. The predicted octanol–water partition coefficient (Wildman–Crippen LogP) is 4.21. The van der Waals surface area contributed by atoms with E-state index in [2.05, 4.69) is 61.3 Å². The first-order chi connectivity index (χ1) is 8.72. The monoisotopic (exact) mass is 235 g/mol. The van der Waals surface area contributed by atoms with E-state index in [0.29, 0.717) is 5.92 Å². The molecule has 0 saturated carbocycles. The maximum atomic E-state index is 4.48. The van der Waals surface area contributed by atoms with Gasteiger partial charge in [0.1, 0.15) is 0 Å². The van der Waals surface area contributed by atoms with Gasteiger partial charge in [0.15, 0.2) is 0 Å². The first kappa shape index (κ1) is 11.2. The zero-order chi connectivity index (χ0) is 12.6. The number of aromatic nitrogens is 1. The Kier molecular flexibility index (Phi) is 2.55. The molecule has 1 aromatic carbocycles. The van der Waals surface area contributed by atoms with Crippen molar-refractivity contribution in [2.45, 2.75) is 19.3 Å². The lowest BCUT2D eigenvalue weighted by molar-refractivity contribution is 0.412. The average Bonchev–Trinajstić information content (AvgIpc) is 2.46. The summed E-state index contributed by atoms with van der Waals surface area (Å²) in [6.45, 7) is 4.58. The summed E-state index contributed by atoms with van der Waals surface area (Å²) >= 11 is 0. The van der Waals surface area contributed by atoms with E-state index in [4.69, 9.17) is 0 Å². The Bertz CT molecular complexity index is 586. The summed E-state index contributed by atoms with van der Waals surface area (Å²) in [6.07, 6.45) is 6.43. The molecular formula is C17H17N. The van der Waals surface area contributed by atoms with Crippen molar-refractivity contribution in [3.05, 3.63) is 66.4 Å². The van der Waals surface area contributed by atoms with Crippen LogP contribution in [0.5, 0.6) is 0 Å². The van der Waals surface area contributed by atoms with E-state index in [9.17, 15) is 0 Å². The van der Waals surface area contributed by atoms with E-state index < -0.39 is 0 Å². The zero-order valence-electron chi connectivity index (χ0n) is 10.8. The van der Waals surface area contributed by atoms with Gasteiger partial charge in [-0.15, -0.1) is 0 Å². The Balaban J connectivity index is 2.15. The van der Waals surface area contributed by atoms with Crippen LogP contribution in [0.3, 0.4) is 0 Å². The molecule has 0 bridgehead atoms. The van der Waals surface area contributed by atoms with Crippen LogP contribution in [0, 0.1) is 5.92 Å². The zero-order valence-corrected chi connectivity index (χ0v) is 10.8. The average molecular weight is 235 g/mol. The summed E-state index contributed by atoms with van der Waals surface area (Å²) in [7, 11) is 0. The number of hydrogen-bond acceptors (Lipinski definition) is 1. The van der Waals surface area contributed by atoms with Gasteiger partial charge in [0, 0.05) is 17.2 Å². The minimum atomic E-state index is 0.147.